The van der Waals surface area contributed by atoms with E-state index >= 15 is 0 Å². The smallest absolute Gasteiger partial charge is 0.410 e. The Morgan fingerprint density at radius 3 is 2.46 bits per heavy atom. The van der Waals surface area contributed by atoms with Crippen LogP contribution in [0.1, 0.15) is 43.6 Å². The van der Waals surface area contributed by atoms with Crippen molar-refractivity contribution in [2.75, 3.05) is 13.1 Å². The fourth-order valence-electron chi connectivity index (χ4n) is 3.37. The van der Waals surface area contributed by atoms with Crippen molar-refractivity contribution in [1.29, 1.82) is 5.26 Å². The Kier molecular flexibility index (Phi) is 9.22. The minimum Gasteiger partial charge on any atom is -0.444 e. The topological polar surface area (TPSA) is 73.6 Å². The predicted octanol–water partition coefficient (Wildman–Crippen LogP) is 6.88. The molecule has 1 amide bonds. The Morgan fingerprint density at radius 1 is 1.09 bits per heavy atom. The van der Waals surface area contributed by atoms with E-state index in [1.165, 1.54) is 4.90 Å². The van der Waals surface area contributed by atoms with Gasteiger partial charge in [0.15, 0.2) is 0 Å². The molecule has 5 nitrogen and oxygen atoms in total. The average molecular weight is 509 g/mol. The summed E-state index contributed by atoms with van der Waals surface area (Å²) in [5, 5.41) is 20.4. The first-order valence-electron chi connectivity index (χ1n) is 11.3. The van der Waals surface area contributed by atoms with Crippen LogP contribution in [-0.2, 0) is 11.2 Å². The molecule has 0 fully saturated rings. The number of carbonyl (C=O) groups is 1. The lowest BCUT2D eigenvalue weighted by Crippen LogP contribution is -2.40. The lowest BCUT2D eigenvalue weighted by Gasteiger charge is -2.29. The SMILES string of the molecule is CC(C)(C)OC(=O)N(CCc1ccc(Sc2cccc(C#N)c2)cc1)C[C@H](O)c1cccc(Cl)c1. The maximum atomic E-state index is 12.9. The fourth-order valence-corrected chi connectivity index (χ4v) is 4.44. The number of hydrogen-bond acceptors (Lipinski definition) is 5. The Balaban J connectivity index is 1.66. The molecule has 1 N–H and O–H groups in total. The highest BCUT2D eigenvalue weighted by Crippen LogP contribution is 2.28. The van der Waals surface area contributed by atoms with Gasteiger partial charge in [0.1, 0.15) is 5.60 Å². The second-order valence-electron chi connectivity index (χ2n) is 9.13. The van der Waals surface area contributed by atoms with Crippen molar-refractivity contribution >= 4 is 29.5 Å². The molecule has 0 spiro atoms. The van der Waals surface area contributed by atoms with E-state index < -0.39 is 17.8 Å². The molecule has 0 aliphatic rings. The van der Waals surface area contributed by atoms with Crippen molar-refractivity contribution in [3.05, 3.63) is 94.5 Å². The first-order chi connectivity index (χ1) is 16.6. The zero-order valence-electron chi connectivity index (χ0n) is 20.1. The van der Waals surface area contributed by atoms with Gasteiger partial charge in [-0.1, -0.05) is 53.7 Å². The maximum Gasteiger partial charge on any atom is 0.410 e. The number of carbonyl (C=O) groups excluding carboxylic acids is 1. The lowest BCUT2D eigenvalue weighted by molar-refractivity contribution is 0.0147. The largest absolute Gasteiger partial charge is 0.444 e. The van der Waals surface area contributed by atoms with Gasteiger partial charge < -0.3 is 14.7 Å². The van der Waals surface area contributed by atoms with E-state index in [1.54, 1.807) is 42.1 Å². The molecule has 3 aromatic rings. The zero-order chi connectivity index (χ0) is 25.4. The van der Waals surface area contributed by atoms with Gasteiger partial charge in [-0.3, -0.25) is 0 Å². The first-order valence-corrected chi connectivity index (χ1v) is 12.5. The van der Waals surface area contributed by atoms with Gasteiger partial charge in [-0.25, -0.2) is 4.79 Å². The van der Waals surface area contributed by atoms with Crippen LogP contribution in [0, 0.1) is 11.3 Å². The predicted molar refractivity (Wildman–Crippen MR) is 140 cm³/mol. The normalized spacial score (nSPS) is 12.0. The number of amides is 1. The van der Waals surface area contributed by atoms with Crippen LogP contribution in [0.15, 0.2) is 82.6 Å². The van der Waals surface area contributed by atoms with Crippen LogP contribution in [0.25, 0.3) is 0 Å². The van der Waals surface area contributed by atoms with E-state index in [1.807, 2.05) is 63.2 Å². The van der Waals surface area contributed by atoms with Crippen molar-refractivity contribution in [2.45, 2.75) is 48.7 Å². The third-order valence-electron chi connectivity index (χ3n) is 5.07. The molecule has 0 bridgehead atoms. The number of nitriles is 1. The number of aliphatic hydroxyl groups excluding tert-OH is 1. The van der Waals surface area contributed by atoms with Crippen LogP contribution in [0.3, 0.4) is 0 Å². The number of hydrogen-bond donors (Lipinski definition) is 1. The van der Waals surface area contributed by atoms with E-state index in [9.17, 15) is 9.90 Å². The molecular formula is C28H29ClN2O3S. The molecule has 0 radical (unpaired) electrons. The summed E-state index contributed by atoms with van der Waals surface area (Å²) >= 11 is 7.65. The van der Waals surface area contributed by atoms with Gasteiger partial charge in [-0.05, 0) is 80.8 Å². The van der Waals surface area contributed by atoms with Gasteiger partial charge in [0.25, 0.3) is 0 Å². The molecule has 182 valence electrons. The molecule has 0 aliphatic heterocycles. The summed E-state index contributed by atoms with van der Waals surface area (Å²) in [6.07, 6.45) is -0.747. The Hall–Kier alpha value is -2.98. The second-order valence-corrected chi connectivity index (χ2v) is 10.7. The summed E-state index contributed by atoms with van der Waals surface area (Å²) in [5.41, 5.74) is 1.70. The molecule has 7 heteroatoms. The Bertz CT molecular complexity index is 1190. The second kappa shape index (κ2) is 12.1. The summed E-state index contributed by atoms with van der Waals surface area (Å²) in [7, 11) is 0. The summed E-state index contributed by atoms with van der Waals surface area (Å²) in [4.78, 5) is 16.5. The van der Waals surface area contributed by atoms with E-state index in [0.29, 0.717) is 29.1 Å². The molecule has 0 saturated carbocycles. The average Bonchev–Trinajstić information content (AvgIpc) is 2.81. The molecule has 0 saturated heterocycles. The molecule has 0 aliphatic carbocycles. The molecule has 35 heavy (non-hydrogen) atoms. The van der Waals surface area contributed by atoms with Gasteiger partial charge in [0, 0.05) is 21.4 Å². The van der Waals surface area contributed by atoms with Crippen molar-refractivity contribution in [1.82, 2.24) is 4.90 Å². The van der Waals surface area contributed by atoms with E-state index in [4.69, 9.17) is 21.6 Å². The molecule has 3 rings (SSSR count). The summed E-state index contributed by atoms with van der Waals surface area (Å²) < 4.78 is 5.58. The number of ether oxygens (including phenoxy) is 1. The Morgan fingerprint density at radius 2 is 1.80 bits per heavy atom. The number of nitrogens with zero attached hydrogens (tertiary/aromatic N) is 2. The highest BCUT2D eigenvalue weighted by molar-refractivity contribution is 7.99. The van der Waals surface area contributed by atoms with Crippen LogP contribution < -0.4 is 0 Å². The van der Waals surface area contributed by atoms with Crippen molar-refractivity contribution in [3.8, 4) is 6.07 Å². The van der Waals surface area contributed by atoms with Gasteiger partial charge >= 0.3 is 6.09 Å². The Labute approximate surface area is 216 Å². The third-order valence-corrected chi connectivity index (χ3v) is 6.30. The van der Waals surface area contributed by atoms with Crippen LogP contribution in [0.2, 0.25) is 5.02 Å². The summed E-state index contributed by atoms with van der Waals surface area (Å²) in [6.45, 7) is 5.94. The van der Waals surface area contributed by atoms with Crippen molar-refractivity contribution in [2.24, 2.45) is 0 Å². The van der Waals surface area contributed by atoms with Crippen molar-refractivity contribution < 1.29 is 14.6 Å². The minimum absolute atomic E-state index is 0.0957. The third kappa shape index (κ3) is 8.63. The number of benzene rings is 3. The van der Waals surface area contributed by atoms with Gasteiger partial charge in [-0.15, -0.1) is 0 Å². The van der Waals surface area contributed by atoms with Crippen molar-refractivity contribution in [3.63, 3.8) is 0 Å². The molecule has 0 aromatic heterocycles. The first kappa shape index (κ1) is 26.6. The van der Waals surface area contributed by atoms with Gasteiger partial charge in [0.05, 0.1) is 24.3 Å². The van der Waals surface area contributed by atoms with Crippen LogP contribution in [-0.4, -0.2) is 34.8 Å². The van der Waals surface area contributed by atoms with Gasteiger partial charge in [0.2, 0.25) is 0 Å². The van der Waals surface area contributed by atoms with Gasteiger partial charge in [-0.2, -0.15) is 5.26 Å². The van der Waals surface area contributed by atoms with E-state index in [0.717, 1.165) is 15.4 Å². The highest BCUT2D eigenvalue weighted by Gasteiger charge is 2.24. The number of rotatable bonds is 8. The van der Waals surface area contributed by atoms with Crippen LogP contribution in [0.5, 0.6) is 0 Å². The fraction of sp³-hybridized carbons (Fsp3) is 0.286. The summed E-state index contributed by atoms with van der Waals surface area (Å²) in [6, 6.07) is 24.8. The highest BCUT2D eigenvalue weighted by atomic mass is 35.5. The monoisotopic (exact) mass is 508 g/mol. The molecule has 0 unspecified atom stereocenters. The molecule has 0 heterocycles. The van der Waals surface area contributed by atoms with Crippen LogP contribution >= 0.6 is 23.4 Å². The minimum atomic E-state index is -0.885. The zero-order valence-corrected chi connectivity index (χ0v) is 21.6. The number of aliphatic hydroxyl groups is 1. The van der Waals surface area contributed by atoms with E-state index in [2.05, 4.69) is 6.07 Å². The summed E-state index contributed by atoms with van der Waals surface area (Å²) in [5.74, 6) is 0. The lowest BCUT2D eigenvalue weighted by atomic mass is 10.1. The molecule has 3 aromatic carbocycles. The van der Waals surface area contributed by atoms with Crippen LogP contribution in [0.4, 0.5) is 4.79 Å². The molecular weight excluding hydrogens is 480 g/mol. The molecule has 1 atom stereocenters. The quantitative estimate of drug-likeness (QED) is 0.359. The standard InChI is InChI=1S/C28H29ClN2O3S/c1-28(2,3)34-27(33)31(19-26(32)22-7-5-8-23(29)17-22)15-14-20-10-12-24(13-11-20)35-25-9-4-6-21(16-25)18-30/h4-13,16-17,26,32H,14-15,19H2,1-3H3/t26-/m0/s1. The van der Waals surface area contributed by atoms with E-state index in [-0.39, 0.29) is 6.54 Å². The maximum absolute atomic E-state index is 12.9. The number of halogens is 1.